The molecule has 4 aliphatic carbocycles. The van der Waals surface area contributed by atoms with Crippen molar-refractivity contribution in [3.05, 3.63) is 11.6 Å². The zero-order chi connectivity index (χ0) is 19.4. The van der Waals surface area contributed by atoms with Gasteiger partial charge in [0.2, 0.25) is 0 Å². The summed E-state index contributed by atoms with van der Waals surface area (Å²) in [7, 11) is 0. The minimum atomic E-state index is -0.591. The molecule has 1 saturated heterocycles. The van der Waals surface area contributed by atoms with Crippen molar-refractivity contribution in [1.29, 1.82) is 0 Å². The molecule has 0 unspecified atom stereocenters. The van der Waals surface area contributed by atoms with Gasteiger partial charge in [-0.1, -0.05) is 13.8 Å². The van der Waals surface area contributed by atoms with Gasteiger partial charge in [-0.2, -0.15) is 0 Å². The normalized spacial score (nSPS) is 57.2. The zero-order valence-corrected chi connectivity index (χ0v) is 17.3. The van der Waals surface area contributed by atoms with Gasteiger partial charge in [0.05, 0.1) is 17.8 Å². The summed E-state index contributed by atoms with van der Waals surface area (Å²) in [5, 5.41) is 12.2. The predicted molar refractivity (Wildman–Crippen MR) is 104 cm³/mol. The summed E-state index contributed by atoms with van der Waals surface area (Å²) in [6, 6.07) is 0. The molecule has 8 atom stereocenters. The van der Waals surface area contributed by atoms with Crippen molar-refractivity contribution in [2.24, 2.45) is 34.5 Å². The van der Waals surface area contributed by atoms with Crippen LogP contribution in [0.4, 0.5) is 0 Å². The van der Waals surface area contributed by atoms with E-state index in [1.807, 2.05) is 0 Å². The van der Waals surface area contributed by atoms with Crippen molar-refractivity contribution in [3.8, 4) is 0 Å². The highest BCUT2D eigenvalue weighted by atomic mass is 16.6. The summed E-state index contributed by atoms with van der Waals surface area (Å²) < 4.78 is 11.1. The average molecular weight is 387 g/mol. The predicted octanol–water partition coefficient (Wildman–Crippen LogP) is 4.01. The van der Waals surface area contributed by atoms with Gasteiger partial charge in [-0.05, 0) is 92.4 Å². The molecule has 0 aromatic carbocycles. The van der Waals surface area contributed by atoms with Crippen LogP contribution in [0, 0.1) is 34.5 Å². The van der Waals surface area contributed by atoms with Gasteiger partial charge in [0.1, 0.15) is 6.61 Å². The summed E-state index contributed by atoms with van der Waals surface area (Å²) in [5.74, 6) is 1.90. The average Bonchev–Trinajstić information content (AvgIpc) is 3.18. The summed E-state index contributed by atoms with van der Waals surface area (Å²) in [4.78, 5) is 11.7. The van der Waals surface area contributed by atoms with E-state index in [1.165, 1.54) is 32.1 Å². The molecule has 0 radical (unpaired) electrons. The lowest BCUT2D eigenvalue weighted by atomic mass is 9.42. The van der Waals surface area contributed by atoms with Gasteiger partial charge in [-0.3, -0.25) is 0 Å². The molecular formula is C24H34O4. The van der Waals surface area contributed by atoms with Crippen LogP contribution in [0.3, 0.4) is 0 Å². The Morgan fingerprint density at radius 2 is 1.86 bits per heavy atom. The first-order valence-electron chi connectivity index (χ1n) is 11.5. The van der Waals surface area contributed by atoms with Gasteiger partial charge in [0.15, 0.2) is 0 Å². The number of aliphatic hydroxyl groups is 1. The van der Waals surface area contributed by atoms with Gasteiger partial charge >= 0.3 is 5.97 Å². The lowest BCUT2D eigenvalue weighted by molar-refractivity contribution is -0.206. The van der Waals surface area contributed by atoms with Crippen molar-refractivity contribution < 1.29 is 19.4 Å². The molecule has 154 valence electrons. The molecule has 0 bridgehead atoms. The van der Waals surface area contributed by atoms with Crippen LogP contribution in [0.2, 0.25) is 0 Å². The fourth-order valence-corrected chi connectivity index (χ4v) is 8.82. The van der Waals surface area contributed by atoms with Crippen molar-refractivity contribution >= 4 is 5.97 Å². The van der Waals surface area contributed by atoms with Crippen LogP contribution in [0.15, 0.2) is 11.6 Å². The van der Waals surface area contributed by atoms with Crippen LogP contribution in [0.5, 0.6) is 0 Å². The van der Waals surface area contributed by atoms with Crippen molar-refractivity contribution in [1.82, 2.24) is 0 Å². The van der Waals surface area contributed by atoms with Crippen LogP contribution in [0.25, 0.3) is 0 Å². The number of hydrogen-bond acceptors (Lipinski definition) is 4. The Kier molecular flexibility index (Phi) is 3.48. The molecule has 5 fully saturated rings. The molecule has 0 amide bonds. The Bertz CT molecular complexity index is 754. The molecule has 2 heterocycles. The maximum Gasteiger partial charge on any atom is 0.331 e. The van der Waals surface area contributed by atoms with Crippen LogP contribution < -0.4 is 0 Å². The van der Waals surface area contributed by atoms with E-state index in [2.05, 4.69) is 13.8 Å². The molecule has 1 N–H and O–H groups in total. The molecule has 4 heteroatoms. The van der Waals surface area contributed by atoms with E-state index in [9.17, 15) is 9.90 Å². The Labute approximate surface area is 168 Å². The van der Waals surface area contributed by atoms with Crippen molar-refractivity contribution in [2.45, 2.75) is 82.8 Å². The SMILES string of the molecule is C[C@]12CC[C@@]3(CO3)C[C@H]1CC[C@@H]1[C@@H]2CC[C@]2(C)[C@@H](C3=CC(=O)OC3)CC[C@]12O. The van der Waals surface area contributed by atoms with Crippen molar-refractivity contribution in [2.75, 3.05) is 13.2 Å². The molecule has 28 heavy (non-hydrogen) atoms. The second-order valence-electron chi connectivity index (χ2n) is 11.5. The van der Waals surface area contributed by atoms with E-state index in [1.54, 1.807) is 6.08 Å². The summed E-state index contributed by atoms with van der Waals surface area (Å²) >= 11 is 0. The minimum absolute atomic E-state index is 0.118. The molecule has 6 aliphatic rings. The molecule has 0 aromatic heterocycles. The van der Waals surface area contributed by atoms with E-state index in [0.29, 0.717) is 29.8 Å². The standard InChI is InChI=1S/C24H34O4/c1-21-9-10-23(14-28-23)12-16(21)3-4-19-18(21)5-7-22(2)17(6-8-24(19,22)26)15-11-20(25)27-13-15/h11,16-19,26H,3-10,12-14H2,1-2H3/t16-,17-,18+,19-,21+,22-,23+,24+/m1/s1. The first kappa shape index (κ1) is 17.9. The van der Waals surface area contributed by atoms with Gasteiger partial charge in [0.25, 0.3) is 0 Å². The zero-order valence-electron chi connectivity index (χ0n) is 17.3. The Hall–Kier alpha value is -0.870. The number of cyclic esters (lactones) is 1. The first-order chi connectivity index (χ1) is 13.3. The largest absolute Gasteiger partial charge is 0.458 e. The van der Waals surface area contributed by atoms with Gasteiger partial charge in [-0.15, -0.1) is 0 Å². The molecule has 6 rings (SSSR count). The maximum atomic E-state index is 12.2. The second kappa shape index (κ2) is 5.43. The highest BCUT2D eigenvalue weighted by Crippen LogP contribution is 2.71. The van der Waals surface area contributed by atoms with E-state index >= 15 is 0 Å². The smallest absolute Gasteiger partial charge is 0.331 e. The fraction of sp³-hybridized carbons (Fsp3) is 0.875. The monoisotopic (exact) mass is 386 g/mol. The number of rotatable bonds is 1. The molecule has 1 spiro atoms. The number of carbonyl (C=O) groups is 1. The molecule has 4 saturated carbocycles. The Morgan fingerprint density at radius 3 is 2.57 bits per heavy atom. The minimum Gasteiger partial charge on any atom is -0.458 e. The maximum absolute atomic E-state index is 12.2. The van der Waals surface area contributed by atoms with E-state index in [0.717, 1.165) is 43.8 Å². The summed E-state index contributed by atoms with van der Waals surface area (Å²) in [6.45, 7) is 6.26. The van der Waals surface area contributed by atoms with Gasteiger partial charge in [-0.25, -0.2) is 4.79 Å². The second-order valence-corrected chi connectivity index (χ2v) is 11.5. The number of epoxide rings is 1. The number of fused-ring (bicyclic) bond motifs is 5. The number of esters is 1. The fourth-order valence-electron chi connectivity index (χ4n) is 8.82. The van der Waals surface area contributed by atoms with E-state index < -0.39 is 5.60 Å². The quantitative estimate of drug-likeness (QED) is 0.546. The summed E-state index contributed by atoms with van der Waals surface area (Å²) in [5.41, 5.74) is 1.02. The molecule has 4 nitrogen and oxygen atoms in total. The topological polar surface area (TPSA) is 59.1 Å². The third-order valence-electron chi connectivity index (χ3n) is 10.7. The van der Waals surface area contributed by atoms with Gasteiger partial charge < -0.3 is 14.6 Å². The van der Waals surface area contributed by atoms with E-state index in [4.69, 9.17) is 9.47 Å². The van der Waals surface area contributed by atoms with Crippen LogP contribution in [-0.4, -0.2) is 35.5 Å². The Morgan fingerprint density at radius 1 is 1.04 bits per heavy atom. The number of carbonyl (C=O) groups excluding carboxylic acids is 1. The lowest BCUT2D eigenvalue weighted by Crippen LogP contribution is -2.62. The van der Waals surface area contributed by atoms with Crippen LogP contribution in [-0.2, 0) is 14.3 Å². The van der Waals surface area contributed by atoms with E-state index in [-0.39, 0.29) is 17.0 Å². The highest BCUT2D eigenvalue weighted by Gasteiger charge is 2.68. The molecule has 0 aromatic rings. The Balaban J connectivity index is 1.32. The molecular weight excluding hydrogens is 352 g/mol. The third kappa shape index (κ3) is 2.12. The first-order valence-corrected chi connectivity index (χ1v) is 11.5. The number of hydrogen-bond donors (Lipinski definition) is 1. The highest BCUT2D eigenvalue weighted by molar-refractivity contribution is 5.85. The van der Waals surface area contributed by atoms with Crippen molar-refractivity contribution in [3.63, 3.8) is 0 Å². The summed E-state index contributed by atoms with van der Waals surface area (Å²) in [6.07, 6.45) is 12.0. The van der Waals surface area contributed by atoms with Crippen LogP contribution in [0.1, 0.15) is 71.6 Å². The van der Waals surface area contributed by atoms with Gasteiger partial charge in [0, 0.05) is 11.5 Å². The number of ether oxygens (including phenoxy) is 2. The van der Waals surface area contributed by atoms with Crippen LogP contribution >= 0.6 is 0 Å². The lowest BCUT2D eigenvalue weighted by Gasteiger charge is -2.63. The molecule has 2 aliphatic heterocycles. The third-order valence-corrected chi connectivity index (χ3v) is 10.7.